The molecule has 0 saturated carbocycles. The second-order valence-corrected chi connectivity index (χ2v) is 7.76. The van der Waals surface area contributed by atoms with Crippen LogP contribution in [0.1, 0.15) is 48.2 Å². The summed E-state index contributed by atoms with van der Waals surface area (Å²) < 4.78 is 0. The molecule has 1 atom stereocenters. The fraction of sp³-hybridized carbons (Fsp3) is 0.526. The SMILES string of the molecule is CN(Cc1ccc2c(c1)C(=O)N(C1CCC(=O)NC1=O)C2)C(C)(C)CN. The van der Waals surface area contributed by atoms with Gasteiger partial charge in [0.05, 0.1) is 0 Å². The van der Waals surface area contributed by atoms with E-state index >= 15 is 0 Å². The molecule has 7 heteroatoms. The lowest BCUT2D eigenvalue weighted by atomic mass is 10.0. The van der Waals surface area contributed by atoms with Crippen LogP contribution in [0.15, 0.2) is 18.2 Å². The maximum absolute atomic E-state index is 12.8. The molecule has 1 aromatic rings. The van der Waals surface area contributed by atoms with Crippen LogP contribution in [0, 0.1) is 0 Å². The summed E-state index contributed by atoms with van der Waals surface area (Å²) in [6, 6.07) is 5.31. The van der Waals surface area contributed by atoms with Gasteiger partial charge in [0, 0.05) is 37.2 Å². The number of likely N-dealkylation sites (N-methyl/N-ethyl adjacent to an activating group) is 1. The predicted molar refractivity (Wildman–Crippen MR) is 97.1 cm³/mol. The average Bonchev–Trinajstić information content (AvgIpc) is 2.91. The van der Waals surface area contributed by atoms with Crippen molar-refractivity contribution < 1.29 is 14.4 Å². The molecule has 1 fully saturated rings. The van der Waals surface area contributed by atoms with Crippen LogP contribution in [0.2, 0.25) is 0 Å². The second-order valence-electron chi connectivity index (χ2n) is 7.76. The fourth-order valence-electron chi connectivity index (χ4n) is 3.34. The van der Waals surface area contributed by atoms with Crippen LogP contribution < -0.4 is 11.1 Å². The third-order valence-electron chi connectivity index (χ3n) is 5.55. The lowest BCUT2D eigenvalue weighted by Gasteiger charge is -2.34. The second kappa shape index (κ2) is 6.81. The van der Waals surface area contributed by atoms with Crippen molar-refractivity contribution >= 4 is 17.7 Å². The third kappa shape index (κ3) is 3.37. The topological polar surface area (TPSA) is 95.7 Å². The molecule has 2 aliphatic rings. The third-order valence-corrected chi connectivity index (χ3v) is 5.55. The summed E-state index contributed by atoms with van der Waals surface area (Å²) in [6.45, 7) is 5.79. The molecule has 26 heavy (non-hydrogen) atoms. The number of amides is 3. The Balaban J connectivity index is 1.77. The molecule has 2 aliphatic heterocycles. The van der Waals surface area contributed by atoms with Gasteiger partial charge in [0.2, 0.25) is 11.8 Å². The van der Waals surface area contributed by atoms with Crippen molar-refractivity contribution in [3.8, 4) is 0 Å². The quantitative estimate of drug-likeness (QED) is 0.752. The lowest BCUT2D eigenvalue weighted by Crippen LogP contribution is -2.52. The summed E-state index contributed by atoms with van der Waals surface area (Å²) in [4.78, 5) is 40.0. The number of benzene rings is 1. The summed E-state index contributed by atoms with van der Waals surface area (Å²) in [7, 11) is 2.01. The minimum atomic E-state index is -0.574. The first kappa shape index (κ1) is 18.5. The number of nitrogens with zero attached hydrogens (tertiary/aromatic N) is 2. The Kier molecular flexibility index (Phi) is 4.86. The van der Waals surface area contributed by atoms with E-state index in [0.717, 1.165) is 11.1 Å². The van der Waals surface area contributed by atoms with Crippen LogP contribution in [0.4, 0.5) is 0 Å². The Hall–Kier alpha value is -2.25. The summed E-state index contributed by atoms with van der Waals surface area (Å²) in [6.07, 6.45) is 0.644. The monoisotopic (exact) mass is 358 g/mol. The molecule has 0 aromatic heterocycles. The van der Waals surface area contributed by atoms with E-state index in [2.05, 4.69) is 24.1 Å². The molecular formula is C19H26N4O3. The Morgan fingerprint density at radius 2 is 2.04 bits per heavy atom. The largest absolute Gasteiger partial charge is 0.329 e. The van der Waals surface area contributed by atoms with Gasteiger partial charge < -0.3 is 10.6 Å². The zero-order chi connectivity index (χ0) is 19.1. The average molecular weight is 358 g/mol. The van der Waals surface area contributed by atoms with Crippen LogP contribution in [0.5, 0.6) is 0 Å². The fourth-order valence-corrected chi connectivity index (χ4v) is 3.34. The van der Waals surface area contributed by atoms with Gasteiger partial charge in [-0.1, -0.05) is 12.1 Å². The van der Waals surface area contributed by atoms with Crippen molar-refractivity contribution in [1.29, 1.82) is 0 Å². The number of nitrogens with two attached hydrogens (primary N) is 1. The minimum Gasteiger partial charge on any atom is -0.329 e. The molecule has 0 spiro atoms. The van der Waals surface area contributed by atoms with Crippen molar-refractivity contribution in [3.63, 3.8) is 0 Å². The van der Waals surface area contributed by atoms with E-state index in [1.54, 1.807) is 4.90 Å². The first-order valence-corrected chi connectivity index (χ1v) is 8.90. The van der Waals surface area contributed by atoms with E-state index in [1.165, 1.54) is 0 Å². The molecule has 3 N–H and O–H groups in total. The summed E-state index contributed by atoms with van der Waals surface area (Å²) in [5.41, 5.74) is 8.29. The normalized spacial score (nSPS) is 20.6. The molecule has 0 radical (unpaired) electrons. The van der Waals surface area contributed by atoms with Gasteiger partial charge >= 0.3 is 0 Å². The van der Waals surface area contributed by atoms with Crippen LogP contribution in [-0.4, -0.2) is 52.7 Å². The Labute approximate surface area is 153 Å². The maximum Gasteiger partial charge on any atom is 0.255 e. The molecule has 0 bridgehead atoms. The number of fused-ring (bicyclic) bond motifs is 1. The van der Waals surface area contributed by atoms with Crippen LogP contribution >= 0.6 is 0 Å². The van der Waals surface area contributed by atoms with Crippen molar-refractivity contribution in [2.24, 2.45) is 5.73 Å². The van der Waals surface area contributed by atoms with Gasteiger partial charge in [0.15, 0.2) is 0 Å². The zero-order valence-electron chi connectivity index (χ0n) is 15.5. The zero-order valence-corrected chi connectivity index (χ0v) is 15.5. The number of carbonyl (C=O) groups excluding carboxylic acids is 3. The van der Waals surface area contributed by atoms with Gasteiger partial charge in [-0.2, -0.15) is 0 Å². The Bertz CT molecular complexity index is 759. The molecule has 1 saturated heterocycles. The minimum absolute atomic E-state index is 0.137. The van der Waals surface area contributed by atoms with E-state index in [0.29, 0.717) is 31.6 Å². The van der Waals surface area contributed by atoms with Gasteiger partial charge in [-0.15, -0.1) is 0 Å². The van der Waals surface area contributed by atoms with Gasteiger partial charge in [-0.3, -0.25) is 24.6 Å². The van der Waals surface area contributed by atoms with Crippen molar-refractivity contribution in [1.82, 2.24) is 15.1 Å². The van der Waals surface area contributed by atoms with E-state index in [-0.39, 0.29) is 29.7 Å². The molecule has 3 amide bonds. The summed E-state index contributed by atoms with van der Waals surface area (Å²) in [5.74, 6) is -0.799. The molecule has 7 nitrogen and oxygen atoms in total. The first-order valence-electron chi connectivity index (χ1n) is 8.90. The van der Waals surface area contributed by atoms with Crippen molar-refractivity contribution in [2.45, 2.75) is 51.4 Å². The summed E-state index contributed by atoms with van der Waals surface area (Å²) in [5, 5.41) is 2.32. The van der Waals surface area contributed by atoms with Crippen LogP contribution in [0.3, 0.4) is 0 Å². The van der Waals surface area contributed by atoms with E-state index in [1.807, 2.05) is 25.2 Å². The predicted octanol–water partition coefficient (Wildman–Crippen LogP) is 0.617. The highest BCUT2D eigenvalue weighted by molar-refractivity contribution is 6.05. The Morgan fingerprint density at radius 1 is 1.31 bits per heavy atom. The van der Waals surface area contributed by atoms with Crippen LogP contribution in [-0.2, 0) is 22.7 Å². The first-order chi connectivity index (χ1) is 12.2. The number of carbonyl (C=O) groups is 3. The van der Waals surface area contributed by atoms with Gasteiger partial charge in [0.1, 0.15) is 6.04 Å². The highest BCUT2D eigenvalue weighted by Gasteiger charge is 2.39. The number of hydrogen-bond acceptors (Lipinski definition) is 5. The summed E-state index contributed by atoms with van der Waals surface area (Å²) >= 11 is 0. The van der Waals surface area contributed by atoms with Crippen molar-refractivity contribution in [3.05, 3.63) is 34.9 Å². The molecular weight excluding hydrogens is 332 g/mol. The lowest BCUT2D eigenvalue weighted by molar-refractivity contribution is -0.136. The van der Waals surface area contributed by atoms with Crippen LogP contribution in [0.25, 0.3) is 0 Å². The molecule has 2 heterocycles. The smallest absolute Gasteiger partial charge is 0.255 e. The standard InChI is InChI=1S/C19H26N4O3/c1-19(2,11-20)22(3)9-12-4-5-13-10-23(18(26)14(13)8-12)15-6-7-16(24)21-17(15)25/h4-5,8,15H,6-7,9-11,20H2,1-3H3,(H,21,24,25). The van der Waals surface area contributed by atoms with Crippen molar-refractivity contribution in [2.75, 3.05) is 13.6 Å². The highest BCUT2D eigenvalue weighted by atomic mass is 16.2. The number of imide groups is 1. The maximum atomic E-state index is 12.8. The van der Waals surface area contributed by atoms with Gasteiger partial charge in [0.25, 0.3) is 5.91 Å². The van der Waals surface area contributed by atoms with Gasteiger partial charge in [-0.25, -0.2) is 0 Å². The molecule has 3 rings (SSSR count). The van der Waals surface area contributed by atoms with E-state index in [9.17, 15) is 14.4 Å². The molecule has 1 aromatic carbocycles. The molecule has 0 aliphatic carbocycles. The number of piperidine rings is 1. The molecule has 1 unspecified atom stereocenters. The molecule has 140 valence electrons. The van der Waals surface area contributed by atoms with E-state index < -0.39 is 6.04 Å². The number of hydrogen-bond donors (Lipinski definition) is 2. The number of rotatable bonds is 5. The number of nitrogens with one attached hydrogen (secondary N) is 1. The Morgan fingerprint density at radius 3 is 2.69 bits per heavy atom. The van der Waals surface area contributed by atoms with Gasteiger partial charge in [-0.05, 0) is 44.5 Å². The highest BCUT2D eigenvalue weighted by Crippen LogP contribution is 2.28. The van der Waals surface area contributed by atoms with E-state index in [4.69, 9.17) is 5.73 Å².